The van der Waals surface area contributed by atoms with Crippen LogP contribution < -0.4 is 5.43 Å². The number of carbonyl (C=O) groups excluding carboxylic acids is 1. The molecule has 1 amide bonds. The van der Waals surface area contributed by atoms with E-state index in [-0.39, 0.29) is 12.5 Å². The molecule has 2 rings (SSSR count). The number of ether oxygens (including phenoxy) is 1. The van der Waals surface area contributed by atoms with Crippen LogP contribution in [0.5, 0.6) is 5.75 Å². The number of piperidine rings is 1. The van der Waals surface area contributed by atoms with Crippen LogP contribution in [0.25, 0.3) is 0 Å². The quantitative estimate of drug-likeness (QED) is 0.651. The van der Waals surface area contributed by atoms with E-state index >= 15 is 0 Å². The van der Waals surface area contributed by atoms with Crippen LogP contribution in [0.4, 0.5) is 4.79 Å². The van der Waals surface area contributed by atoms with Gasteiger partial charge in [-0.25, -0.2) is 10.2 Å². The van der Waals surface area contributed by atoms with E-state index in [4.69, 9.17) is 4.74 Å². The van der Waals surface area contributed by atoms with Crippen LogP contribution in [0, 0.1) is 0 Å². The Morgan fingerprint density at radius 1 is 1.35 bits per heavy atom. The standard InChI is InChI=1S/C14H19N3O3/c18-13-7-3-2-6-12(13)10-15-16-14(19)20-11-17-8-4-1-5-9-17/h2-3,6-7,10,18H,1,4-5,8-9,11H2,(H,16,19)/b15-10+. The third-order valence-corrected chi connectivity index (χ3v) is 3.12. The second-order valence-electron chi connectivity index (χ2n) is 4.67. The fraction of sp³-hybridized carbons (Fsp3) is 0.429. The summed E-state index contributed by atoms with van der Waals surface area (Å²) in [7, 11) is 0. The Kier molecular flexibility index (Phi) is 5.37. The smallest absolute Gasteiger partial charge is 0.429 e. The van der Waals surface area contributed by atoms with Crippen molar-refractivity contribution < 1.29 is 14.6 Å². The van der Waals surface area contributed by atoms with Gasteiger partial charge in [0.15, 0.2) is 0 Å². The number of likely N-dealkylation sites (tertiary alicyclic amines) is 1. The number of phenols is 1. The molecule has 0 aliphatic carbocycles. The molecule has 0 bridgehead atoms. The third kappa shape index (κ3) is 4.55. The number of hydrogen-bond acceptors (Lipinski definition) is 5. The summed E-state index contributed by atoms with van der Waals surface area (Å²) in [5, 5.41) is 13.2. The van der Waals surface area contributed by atoms with Gasteiger partial charge >= 0.3 is 6.09 Å². The van der Waals surface area contributed by atoms with Gasteiger partial charge in [-0.3, -0.25) is 4.90 Å². The molecule has 108 valence electrons. The molecule has 6 heteroatoms. The van der Waals surface area contributed by atoms with Crippen molar-refractivity contribution in [2.45, 2.75) is 19.3 Å². The fourth-order valence-electron chi connectivity index (χ4n) is 2.02. The number of amides is 1. The SMILES string of the molecule is O=C(N/N=C/c1ccccc1O)OCN1CCCCC1. The van der Waals surface area contributed by atoms with Crippen LogP contribution in [0.3, 0.4) is 0 Å². The lowest BCUT2D eigenvalue weighted by Gasteiger charge is -2.25. The van der Waals surface area contributed by atoms with E-state index in [9.17, 15) is 9.90 Å². The van der Waals surface area contributed by atoms with Gasteiger partial charge < -0.3 is 9.84 Å². The number of carbonyl (C=O) groups is 1. The Morgan fingerprint density at radius 2 is 2.10 bits per heavy atom. The van der Waals surface area contributed by atoms with E-state index in [0.29, 0.717) is 5.56 Å². The lowest BCUT2D eigenvalue weighted by molar-refractivity contribution is 0.0582. The summed E-state index contributed by atoms with van der Waals surface area (Å²) in [6.07, 6.45) is 4.32. The molecule has 1 aliphatic rings. The Balaban J connectivity index is 1.70. The summed E-state index contributed by atoms with van der Waals surface area (Å²) in [5.41, 5.74) is 2.80. The molecule has 1 aromatic carbocycles. The van der Waals surface area contributed by atoms with Crippen molar-refractivity contribution in [3.63, 3.8) is 0 Å². The van der Waals surface area contributed by atoms with Crippen LogP contribution in [-0.2, 0) is 4.74 Å². The van der Waals surface area contributed by atoms with Gasteiger partial charge in [0, 0.05) is 18.7 Å². The van der Waals surface area contributed by atoms with Crippen molar-refractivity contribution in [2.75, 3.05) is 19.8 Å². The van der Waals surface area contributed by atoms with Gasteiger partial charge in [0.2, 0.25) is 0 Å². The molecule has 0 unspecified atom stereocenters. The van der Waals surface area contributed by atoms with Crippen molar-refractivity contribution >= 4 is 12.3 Å². The first-order valence-corrected chi connectivity index (χ1v) is 6.72. The second-order valence-corrected chi connectivity index (χ2v) is 4.67. The number of phenolic OH excluding ortho intramolecular Hbond substituents is 1. The molecule has 0 saturated carbocycles. The largest absolute Gasteiger partial charge is 0.507 e. The average Bonchev–Trinajstić information content (AvgIpc) is 2.48. The maximum absolute atomic E-state index is 11.4. The third-order valence-electron chi connectivity index (χ3n) is 3.12. The van der Waals surface area contributed by atoms with Gasteiger partial charge in [-0.05, 0) is 25.0 Å². The number of rotatable bonds is 4. The van der Waals surface area contributed by atoms with Crippen molar-refractivity contribution in [1.82, 2.24) is 10.3 Å². The van der Waals surface area contributed by atoms with Crippen LogP contribution in [-0.4, -0.2) is 42.1 Å². The van der Waals surface area contributed by atoms with Crippen LogP contribution in [0.15, 0.2) is 29.4 Å². The number of hydrazone groups is 1. The highest BCUT2D eigenvalue weighted by Gasteiger charge is 2.11. The first-order valence-electron chi connectivity index (χ1n) is 6.72. The van der Waals surface area contributed by atoms with Crippen molar-refractivity contribution in [2.24, 2.45) is 5.10 Å². The maximum atomic E-state index is 11.4. The van der Waals surface area contributed by atoms with Crippen molar-refractivity contribution in [3.8, 4) is 5.75 Å². The fourth-order valence-corrected chi connectivity index (χ4v) is 2.02. The van der Waals surface area contributed by atoms with Crippen LogP contribution in [0.2, 0.25) is 0 Å². The number of nitrogens with zero attached hydrogens (tertiary/aromatic N) is 2. The zero-order chi connectivity index (χ0) is 14.2. The van der Waals surface area contributed by atoms with Crippen LogP contribution >= 0.6 is 0 Å². The lowest BCUT2D eigenvalue weighted by atomic mass is 10.1. The van der Waals surface area contributed by atoms with E-state index in [1.54, 1.807) is 24.3 Å². The number of para-hydroxylation sites is 1. The highest BCUT2D eigenvalue weighted by atomic mass is 16.6. The van der Waals surface area contributed by atoms with Gasteiger partial charge in [0.1, 0.15) is 12.5 Å². The molecule has 20 heavy (non-hydrogen) atoms. The summed E-state index contributed by atoms with van der Waals surface area (Å²) in [6.45, 7) is 2.22. The van der Waals surface area contributed by atoms with Gasteiger partial charge in [0.25, 0.3) is 0 Å². The van der Waals surface area contributed by atoms with Gasteiger partial charge in [0.05, 0.1) is 6.21 Å². The zero-order valence-corrected chi connectivity index (χ0v) is 11.3. The Hall–Kier alpha value is -2.08. The van der Waals surface area contributed by atoms with E-state index in [2.05, 4.69) is 15.4 Å². The predicted molar refractivity (Wildman–Crippen MR) is 75.6 cm³/mol. The molecule has 1 heterocycles. The first kappa shape index (κ1) is 14.3. The highest BCUT2D eigenvalue weighted by Crippen LogP contribution is 2.12. The Morgan fingerprint density at radius 3 is 2.85 bits per heavy atom. The number of nitrogens with one attached hydrogen (secondary N) is 1. The van der Waals surface area contributed by atoms with E-state index in [0.717, 1.165) is 25.9 Å². The molecular weight excluding hydrogens is 258 g/mol. The monoisotopic (exact) mass is 277 g/mol. The highest BCUT2D eigenvalue weighted by molar-refractivity contribution is 5.84. The maximum Gasteiger partial charge on any atom is 0.429 e. The van der Waals surface area contributed by atoms with Crippen LogP contribution in [0.1, 0.15) is 24.8 Å². The Labute approximate surface area is 118 Å². The summed E-state index contributed by atoms with van der Waals surface area (Å²) < 4.78 is 5.05. The van der Waals surface area contributed by atoms with Gasteiger partial charge in [-0.1, -0.05) is 18.6 Å². The first-order chi connectivity index (χ1) is 9.75. The molecule has 0 spiro atoms. The molecular formula is C14H19N3O3. The number of benzene rings is 1. The molecule has 0 aromatic heterocycles. The molecule has 1 aromatic rings. The van der Waals surface area contributed by atoms with Gasteiger partial charge in [-0.2, -0.15) is 5.10 Å². The minimum Gasteiger partial charge on any atom is -0.507 e. The minimum atomic E-state index is -0.595. The van der Waals surface area contributed by atoms with E-state index in [1.807, 2.05) is 0 Å². The minimum absolute atomic E-state index is 0.111. The molecule has 0 atom stereocenters. The second kappa shape index (κ2) is 7.49. The van der Waals surface area contributed by atoms with Gasteiger partial charge in [-0.15, -0.1) is 0 Å². The molecule has 2 N–H and O–H groups in total. The predicted octanol–water partition coefficient (Wildman–Crippen LogP) is 1.90. The number of aromatic hydroxyl groups is 1. The summed E-state index contributed by atoms with van der Waals surface area (Å²) in [6, 6.07) is 6.73. The Bertz CT molecular complexity index is 470. The summed E-state index contributed by atoms with van der Waals surface area (Å²) in [4.78, 5) is 13.5. The average molecular weight is 277 g/mol. The molecule has 6 nitrogen and oxygen atoms in total. The lowest BCUT2D eigenvalue weighted by Crippen LogP contribution is -2.34. The van der Waals surface area contributed by atoms with E-state index in [1.165, 1.54) is 12.6 Å². The molecule has 0 radical (unpaired) electrons. The number of hydrogen-bond donors (Lipinski definition) is 2. The molecule has 1 saturated heterocycles. The van der Waals surface area contributed by atoms with Crippen molar-refractivity contribution in [1.29, 1.82) is 0 Å². The summed E-state index contributed by atoms with van der Waals surface area (Å²) >= 11 is 0. The van der Waals surface area contributed by atoms with E-state index < -0.39 is 6.09 Å². The topological polar surface area (TPSA) is 74.2 Å². The molecule has 1 fully saturated rings. The molecule has 1 aliphatic heterocycles. The van der Waals surface area contributed by atoms with Crippen molar-refractivity contribution in [3.05, 3.63) is 29.8 Å². The normalized spacial score (nSPS) is 16.2. The summed E-state index contributed by atoms with van der Waals surface area (Å²) in [5.74, 6) is 0.111. The zero-order valence-electron chi connectivity index (χ0n) is 11.3.